The van der Waals surface area contributed by atoms with Crippen LogP contribution in [0, 0.1) is 0 Å². The highest BCUT2D eigenvalue weighted by molar-refractivity contribution is 9.12. The summed E-state index contributed by atoms with van der Waals surface area (Å²) in [6, 6.07) is 15.7. The van der Waals surface area contributed by atoms with E-state index in [0.717, 1.165) is 66.6 Å². The molecule has 0 radical (unpaired) electrons. The van der Waals surface area contributed by atoms with E-state index in [1.165, 1.54) is 0 Å². The van der Waals surface area contributed by atoms with Gasteiger partial charge >= 0.3 is 0 Å². The number of aliphatic hydroxyl groups excluding tert-OH is 1. The number of hydrogen-bond acceptors (Lipinski definition) is 14. The van der Waals surface area contributed by atoms with Gasteiger partial charge in [-0.2, -0.15) is 0 Å². The van der Waals surface area contributed by atoms with Crippen molar-refractivity contribution in [3.8, 4) is 23.0 Å². The zero-order valence-corrected chi connectivity index (χ0v) is 51.2. The van der Waals surface area contributed by atoms with Crippen molar-refractivity contribution >= 4 is 127 Å². The van der Waals surface area contributed by atoms with E-state index in [1.807, 2.05) is 48.5 Å². The molecule has 0 amide bonds. The van der Waals surface area contributed by atoms with Crippen LogP contribution in [0.1, 0.15) is 49.9 Å². The molecule has 4 aliphatic rings. The predicted molar refractivity (Wildman–Crippen MR) is 290 cm³/mol. The molecule has 0 aromatic heterocycles. The fourth-order valence-electron chi connectivity index (χ4n) is 6.31. The van der Waals surface area contributed by atoms with Gasteiger partial charge in [-0.25, -0.2) is 0 Å². The number of hydrogen-bond donors (Lipinski definition) is 3. The zero-order valence-electron chi connectivity index (χ0n) is 38.6. The number of benzene rings is 4. The Morgan fingerprint density at radius 1 is 0.443 bits per heavy atom. The molecule has 8 rings (SSSR count). The number of epoxide rings is 4. The number of halogens is 8. The Hall–Kier alpha value is -0.480. The van der Waals surface area contributed by atoms with Crippen LogP contribution in [0.2, 0.25) is 0 Å². The van der Waals surface area contributed by atoms with Crippen molar-refractivity contribution in [2.75, 3.05) is 86.4 Å². The van der Waals surface area contributed by atoms with Crippen LogP contribution < -0.4 is 9.47 Å². The Morgan fingerprint density at radius 2 is 0.714 bits per heavy atom. The van der Waals surface area contributed by atoms with Crippen LogP contribution in [0.3, 0.4) is 0 Å². The number of aromatic hydroxyl groups is 2. The molecule has 4 aliphatic heterocycles. The van der Waals surface area contributed by atoms with Crippen molar-refractivity contribution in [1.29, 1.82) is 0 Å². The second kappa shape index (κ2) is 27.5. The van der Waals surface area contributed by atoms with Crippen LogP contribution in [0.5, 0.6) is 23.0 Å². The predicted octanol–water partition coefficient (Wildman–Crippen LogP) is 12.2. The normalized spacial score (nSPS) is 19.3. The first-order chi connectivity index (χ1) is 33.2. The van der Waals surface area contributed by atoms with E-state index in [9.17, 15) is 15.3 Å². The molecule has 70 heavy (non-hydrogen) atoms. The van der Waals surface area contributed by atoms with Crippen LogP contribution in [0.25, 0.3) is 0 Å². The first-order valence-electron chi connectivity index (χ1n) is 21.9. The fraction of sp³-hybridized carbons (Fsp3) is 0.500. The average molecular weight is 1490 g/mol. The molecule has 5 atom stereocenters. The number of aliphatic hydroxyl groups is 1. The molecule has 0 spiro atoms. The Kier molecular flexibility index (Phi) is 23.1. The fourth-order valence-corrected chi connectivity index (χ4v) is 11.5. The van der Waals surface area contributed by atoms with E-state index in [2.05, 4.69) is 155 Å². The summed E-state index contributed by atoms with van der Waals surface area (Å²) < 4.78 is 64.0. The summed E-state index contributed by atoms with van der Waals surface area (Å²) in [6.45, 7) is 14.8. The molecule has 4 saturated heterocycles. The van der Waals surface area contributed by atoms with Crippen molar-refractivity contribution in [2.24, 2.45) is 0 Å². The van der Waals surface area contributed by atoms with Gasteiger partial charge in [0.15, 0.2) is 12.5 Å². The van der Waals surface area contributed by atoms with Gasteiger partial charge in [0.05, 0.1) is 95.2 Å². The molecule has 22 heteroatoms. The number of rotatable bonds is 24. The molecule has 3 N–H and O–H groups in total. The van der Waals surface area contributed by atoms with E-state index in [1.54, 1.807) is 0 Å². The first-order valence-corrected chi connectivity index (χ1v) is 28.2. The van der Waals surface area contributed by atoms with Gasteiger partial charge in [-0.15, -0.1) is 0 Å². The summed E-state index contributed by atoms with van der Waals surface area (Å²) in [5.74, 6) is 1.65. The second-order valence-corrected chi connectivity index (χ2v) is 24.3. The van der Waals surface area contributed by atoms with E-state index in [-0.39, 0.29) is 61.3 Å². The Bertz CT molecular complexity index is 2190. The average Bonchev–Trinajstić information content (AvgIpc) is 4.09. The van der Waals surface area contributed by atoms with Crippen molar-refractivity contribution in [2.45, 2.75) is 69.0 Å². The van der Waals surface area contributed by atoms with Crippen LogP contribution >= 0.6 is 127 Å². The maximum absolute atomic E-state index is 10.2. The minimum absolute atomic E-state index is 0.0738. The van der Waals surface area contributed by atoms with Crippen LogP contribution in [0.4, 0.5) is 0 Å². The molecule has 0 aliphatic carbocycles. The minimum Gasteiger partial charge on any atom is -0.506 e. The van der Waals surface area contributed by atoms with E-state index in [0.29, 0.717) is 74.8 Å². The monoisotopic (exact) mass is 1490 g/mol. The molecule has 4 fully saturated rings. The summed E-state index contributed by atoms with van der Waals surface area (Å²) >= 11 is 28.0. The Balaban J connectivity index is 0.000000207. The molecule has 4 aromatic rings. The number of ether oxygens (including phenoxy) is 11. The summed E-state index contributed by atoms with van der Waals surface area (Å²) in [6.07, 6.45) is 0.240. The van der Waals surface area contributed by atoms with Crippen LogP contribution in [-0.2, 0) is 53.5 Å². The Labute approximate surface area is 475 Å². The van der Waals surface area contributed by atoms with Gasteiger partial charge in [0.2, 0.25) is 0 Å². The quantitative estimate of drug-likeness (QED) is 0.0343. The maximum Gasteiger partial charge on any atom is 0.189 e. The number of phenols is 2. The van der Waals surface area contributed by atoms with Gasteiger partial charge in [0.25, 0.3) is 0 Å². The van der Waals surface area contributed by atoms with Crippen LogP contribution in [0.15, 0.2) is 84.3 Å². The van der Waals surface area contributed by atoms with Crippen LogP contribution in [-0.4, -0.2) is 132 Å². The highest BCUT2D eigenvalue weighted by Gasteiger charge is 2.30. The lowest BCUT2D eigenvalue weighted by molar-refractivity contribution is -0.0866. The van der Waals surface area contributed by atoms with Gasteiger partial charge in [-0.3, -0.25) is 0 Å². The maximum atomic E-state index is 10.2. The topological polar surface area (TPSA) is 175 Å². The molecule has 4 heterocycles. The van der Waals surface area contributed by atoms with E-state index < -0.39 is 6.10 Å². The van der Waals surface area contributed by atoms with Gasteiger partial charge in [-0.1, -0.05) is 27.7 Å². The van der Waals surface area contributed by atoms with E-state index >= 15 is 0 Å². The molecular weight excluding hydrogens is 1440 g/mol. The largest absolute Gasteiger partial charge is 0.506 e. The van der Waals surface area contributed by atoms with Crippen molar-refractivity contribution in [3.63, 3.8) is 0 Å². The first kappa shape index (κ1) is 58.8. The third-order valence-corrected chi connectivity index (χ3v) is 15.9. The van der Waals surface area contributed by atoms with Gasteiger partial charge in [-0.05, 0) is 198 Å². The molecule has 0 saturated carbocycles. The van der Waals surface area contributed by atoms with Gasteiger partial charge < -0.3 is 67.4 Å². The van der Waals surface area contributed by atoms with Gasteiger partial charge in [0.1, 0.15) is 68.0 Å². The smallest absolute Gasteiger partial charge is 0.189 e. The molecule has 4 aromatic carbocycles. The Morgan fingerprint density at radius 3 is 1.03 bits per heavy atom. The van der Waals surface area contributed by atoms with Crippen molar-refractivity contribution in [3.05, 3.63) is 107 Å². The highest BCUT2D eigenvalue weighted by atomic mass is 79.9. The summed E-state index contributed by atoms with van der Waals surface area (Å²) in [5.41, 5.74) is 3.53. The minimum atomic E-state index is -0.798. The standard InChI is InChI=1S/C26H30Br4O8.C15H12Br4O2.C7H12O4/c1-26(2,16-5-22(29)25(23(30)6-16)38-14-34-10-19-12-36-19)15-3-20(27)24(21(28)4-15)37-8-17(31)7-32-13-33-9-18-11-35-18;1-15(2,7-3-9(16)13(20)10(17)4-7)8-5-11(18)14(21)12(19)6-8;1(6-3-10-6)8-5-9-2-7-4-11-7/h3-6,17-19,31H,7-14H2,1-2H3;3-6,20-21H,1-2H3;6-7H,1-5H2. The lowest BCUT2D eigenvalue weighted by atomic mass is 9.78. The summed E-state index contributed by atoms with van der Waals surface area (Å²) in [5, 5.41) is 29.9. The molecule has 0 bridgehead atoms. The second-order valence-electron chi connectivity index (χ2n) is 17.5. The summed E-state index contributed by atoms with van der Waals surface area (Å²) in [7, 11) is 0. The lowest BCUT2D eigenvalue weighted by Gasteiger charge is -2.28. The third-order valence-electron chi connectivity index (χ3n) is 11.1. The molecular formula is C48H54Br8O14. The SMILES string of the molecule is C(OCC1CO1)OCC1CO1.CC(C)(c1cc(Br)c(O)c(Br)c1)c1cc(Br)c(O)c(Br)c1.CC(C)(c1cc(Br)c(OCOCC2CO2)c(Br)c1)c1cc(Br)c(OCC(O)COCOCC2CO2)c(Br)c1. The molecule has 14 nitrogen and oxygen atoms in total. The van der Waals surface area contributed by atoms with E-state index in [4.69, 9.17) is 52.1 Å². The molecule has 386 valence electrons. The van der Waals surface area contributed by atoms with Crippen molar-refractivity contribution in [1.82, 2.24) is 0 Å². The highest BCUT2D eigenvalue weighted by Crippen LogP contribution is 2.45. The third kappa shape index (κ3) is 18.4. The number of phenolic OH excluding ortho intramolecular Hbond substituents is 2. The lowest BCUT2D eigenvalue weighted by Crippen LogP contribution is -2.24. The zero-order chi connectivity index (χ0) is 50.8. The van der Waals surface area contributed by atoms with Gasteiger partial charge in [0, 0.05) is 10.8 Å². The van der Waals surface area contributed by atoms with Crippen molar-refractivity contribution < 1.29 is 67.4 Å². The summed E-state index contributed by atoms with van der Waals surface area (Å²) in [4.78, 5) is 0. The molecule has 5 unspecified atom stereocenters.